The summed E-state index contributed by atoms with van der Waals surface area (Å²) in [5.74, 6) is -0.130. The van der Waals surface area contributed by atoms with Crippen LogP contribution in [0.25, 0.3) is 0 Å². The van der Waals surface area contributed by atoms with Crippen molar-refractivity contribution in [3.8, 4) is 0 Å². The van der Waals surface area contributed by atoms with Gasteiger partial charge in [-0.3, -0.25) is 9.59 Å². The van der Waals surface area contributed by atoms with Crippen LogP contribution in [0.2, 0.25) is 0 Å². The van der Waals surface area contributed by atoms with Gasteiger partial charge in [0.25, 0.3) is 5.91 Å². The van der Waals surface area contributed by atoms with Crippen molar-refractivity contribution < 1.29 is 9.59 Å². The second kappa shape index (κ2) is 7.83. The molecule has 1 aliphatic heterocycles. The summed E-state index contributed by atoms with van der Waals surface area (Å²) in [6, 6.07) is 11.2. The second-order valence-corrected chi connectivity index (χ2v) is 8.04. The van der Waals surface area contributed by atoms with E-state index >= 15 is 0 Å². The number of nitrogens with one attached hydrogen (secondary N) is 1. The first-order chi connectivity index (χ1) is 12.0. The number of thiophene rings is 1. The van der Waals surface area contributed by atoms with Crippen molar-refractivity contribution in [2.24, 2.45) is 0 Å². The van der Waals surface area contributed by atoms with Crippen molar-refractivity contribution in [3.63, 3.8) is 0 Å². The van der Waals surface area contributed by atoms with E-state index in [2.05, 4.69) is 5.32 Å². The van der Waals surface area contributed by atoms with Crippen molar-refractivity contribution in [2.75, 3.05) is 13.1 Å². The van der Waals surface area contributed by atoms with Gasteiger partial charge in [-0.1, -0.05) is 30.3 Å². The van der Waals surface area contributed by atoms with Crippen LogP contribution >= 0.6 is 11.3 Å². The number of benzene rings is 1. The van der Waals surface area contributed by atoms with Crippen LogP contribution in [0.15, 0.2) is 36.4 Å². The number of nitrogens with zero attached hydrogens (tertiary/aromatic N) is 1. The van der Waals surface area contributed by atoms with Crippen LogP contribution in [0.3, 0.4) is 0 Å². The summed E-state index contributed by atoms with van der Waals surface area (Å²) in [7, 11) is 0. The number of aryl methyl sites for hydroxylation is 2. The van der Waals surface area contributed by atoms with E-state index in [4.69, 9.17) is 0 Å². The van der Waals surface area contributed by atoms with Gasteiger partial charge in [0, 0.05) is 29.3 Å². The summed E-state index contributed by atoms with van der Waals surface area (Å²) in [6.45, 7) is 5.51. The highest BCUT2D eigenvalue weighted by Crippen LogP contribution is 2.21. The molecule has 1 fully saturated rings. The monoisotopic (exact) mass is 356 g/mol. The average molecular weight is 356 g/mol. The molecular weight excluding hydrogens is 332 g/mol. The van der Waals surface area contributed by atoms with Gasteiger partial charge in [0.15, 0.2) is 0 Å². The van der Waals surface area contributed by atoms with Crippen LogP contribution in [0.5, 0.6) is 0 Å². The van der Waals surface area contributed by atoms with Crippen LogP contribution in [0.1, 0.15) is 38.5 Å². The molecule has 25 heavy (non-hydrogen) atoms. The molecular formula is C20H24N2O2S. The lowest BCUT2D eigenvalue weighted by Gasteiger charge is -2.24. The van der Waals surface area contributed by atoms with Crippen molar-refractivity contribution in [3.05, 3.63) is 57.3 Å². The maximum absolute atomic E-state index is 12.9. The predicted molar refractivity (Wildman–Crippen MR) is 101 cm³/mol. The first-order valence-electron chi connectivity index (χ1n) is 8.75. The normalized spacial score (nSPS) is 15.2. The summed E-state index contributed by atoms with van der Waals surface area (Å²) in [4.78, 5) is 29.6. The number of hydrogen-bond acceptors (Lipinski definition) is 3. The van der Waals surface area contributed by atoms with Gasteiger partial charge in [-0.25, -0.2) is 0 Å². The molecule has 0 aliphatic carbocycles. The number of likely N-dealkylation sites (tertiary alicyclic amines) is 1. The number of rotatable bonds is 5. The van der Waals surface area contributed by atoms with Gasteiger partial charge < -0.3 is 10.2 Å². The maximum atomic E-state index is 12.9. The molecule has 1 aliphatic rings. The third kappa shape index (κ3) is 4.28. The Morgan fingerprint density at radius 1 is 1.16 bits per heavy atom. The van der Waals surface area contributed by atoms with Crippen molar-refractivity contribution >= 4 is 23.2 Å². The Hall–Kier alpha value is -2.14. The molecule has 2 amide bonds. The fourth-order valence-electron chi connectivity index (χ4n) is 3.30. The van der Waals surface area contributed by atoms with Crippen LogP contribution in [-0.2, 0) is 11.2 Å². The summed E-state index contributed by atoms with van der Waals surface area (Å²) in [6.07, 6.45) is 2.60. The van der Waals surface area contributed by atoms with Gasteiger partial charge in [0.1, 0.15) is 6.04 Å². The van der Waals surface area contributed by atoms with E-state index in [9.17, 15) is 9.59 Å². The third-order valence-electron chi connectivity index (χ3n) is 4.59. The number of hydrogen-bond donors (Lipinski definition) is 1. The number of amides is 2. The molecule has 1 aromatic carbocycles. The molecule has 1 unspecified atom stereocenters. The highest BCUT2D eigenvalue weighted by atomic mass is 32.1. The largest absolute Gasteiger partial charge is 0.341 e. The Morgan fingerprint density at radius 2 is 1.84 bits per heavy atom. The minimum absolute atomic E-state index is 0.0271. The lowest BCUT2D eigenvalue weighted by Crippen LogP contribution is -2.49. The second-order valence-electron chi connectivity index (χ2n) is 6.58. The first kappa shape index (κ1) is 17.7. The van der Waals surface area contributed by atoms with E-state index in [0.29, 0.717) is 12.0 Å². The van der Waals surface area contributed by atoms with E-state index in [1.165, 1.54) is 0 Å². The molecule has 0 bridgehead atoms. The molecule has 1 atom stereocenters. The Labute approximate surface area is 152 Å². The lowest BCUT2D eigenvalue weighted by atomic mass is 10.0. The standard InChI is InChI=1S/C20H24N2O2S/c1-14-12-17(15(2)25-14)19(23)21-18(13-16-8-4-3-5-9-16)20(24)22-10-6-7-11-22/h3-5,8-9,12,18H,6-7,10-11,13H2,1-2H3,(H,21,23). The van der Waals surface area contributed by atoms with Gasteiger partial charge >= 0.3 is 0 Å². The Bertz CT molecular complexity index is 748. The van der Waals surface area contributed by atoms with Crippen LogP contribution in [0.4, 0.5) is 0 Å². The summed E-state index contributed by atoms with van der Waals surface area (Å²) >= 11 is 1.61. The molecule has 0 radical (unpaired) electrons. The first-order valence-corrected chi connectivity index (χ1v) is 9.57. The minimum Gasteiger partial charge on any atom is -0.341 e. The zero-order chi connectivity index (χ0) is 17.8. The van der Waals surface area contributed by atoms with E-state index in [-0.39, 0.29) is 11.8 Å². The van der Waals surface area contributed by atoms with Gasteiger partial charge in [0.05, 0.1) is 5.56 Å². The zero-order valence-electron chi connectivity index (χ0n) is 14.7. The third-order valence-corrected chi connectivity index (χ3v) is 5.56. The maximum Gasteiger partial charge on any atom is 0.253 e. The summed E-state index contributed by atoms with van der Waals surface area (Å²) in [5.41, 5.74) is 1.73. The van der Waals surface area contributed by atoms with Crippen molar-refractivity contribution in [2.45, 2.75) is 39.2 Å². The molecule has 0 saturated carbocycles. The molecule has 5 heteroatoms. The van der Waals surface area contributed by atoms with Crippen LogP contribution in [0, 0.1) is 13.8 Å². The van der Waals surface area contributed by atoms with Gasteiger partial charge in [-0.15, -0.1) is 11.3 Å². The fourth-order valence-corrected chi connectivity index (χ4v) is 4.22. The van der Waals surface area contributed by atoms with E-state index in [1.807, 2.05) is 55.1 Å². The molecule has 4 nitrogen and oxygen atoms in total. The molecule has 3 rings (SSSR count). The molecule has 1 N–H and O–H groups in total. The van der Waals surface area contributed by atoms with E-state index in [0.717, 1.165) is 41.2 Å². The van der Waals surface area contributed by atoms with Crippen molar-refractivity contribution in [1.82, 2.24) is 10.2 Å². The summed E-state index contributed by atoms with van der Waals surface area (Å²) in [5, 5.41) is 2.99. The quantitative estimate of drug-likeness (QED) is 0.893. The molecule has 132 valence electrons. The topological polar surface area (TPSA) is 49.4 Å². The SMILES string of the molecule is Cc1cc(C(=O)NC(Cc2ccccc2)C(=O)N2CCCC2)c(C)s1. The zero-order valence-corrected chi connectivity index (χ0v) is 15.6. The van der Waals surface area contributed by atoms with E-state index in [1.54, 1.807) is 11.3 Å². The molecule has 1 saturated heterocycles. The van der Waals surface area contributed by atoms with E-state index < -0.39 is 6.04 Å². The lowest BCUT2D eigenvalue weighted by molar-refractivity contribution is -0.132. The number of carbonyl (C=O) groups excluding carboxylic acids is 2. The van der Waals surface area contributed by atoms with Gasteiger partial charge in [0.2, 0.25) is 5.91 Å². The van der Waals surface area contributed by atoms with Crippen molar-refractivity contribution in [1.29, 1.82) is 0 Å². The highest BCUT2D eigenvalue weighted by Gasteiger charge is 2.28. The van der Waals surface area contributed by atoms with Gasteiger partial charge in [-0.05, 0) is 38.3 Å². The molecule has 1 aromatic heterocycles. The predicted octanol–water partition coefficient (Wildman–Crippen LogP) is 3.33. The number of carbonyl (C=O) groups is 2. The fraction of sp³-hybridized carbons (Fsp3) is 0.400. The average Bonchev–Trinajstić information content (AvgIpc) is 3.24. The van der Waals surface area contributed by atoms with Crippen LogP contribution < -0.4 is 5.32 Å². The van der Waals surface area contributed by atoms with Crippen LogP contribution in [-0.4, -0.2) is 35.8 Å². The highest BCUT2D eigenvalue weighted by molar-refractivity contribution is 7.12. The smallest absolute Gasteiger partial charge is 0.253 e. The Kier molecular flexibility index (Phi) is 5.53. The minimum atomic E-state index is -0.521. The molecule has 2 heterocycles. The Balaban J connectivity index is 1.78. The summed E-state index contributed by atoms with van der Waals surface area (Å²) < 4.78 is 0. The molecule has 2 aromatic rings. The molecule has 0 spiro atoms. The Morgan fingerprint density at radius 3 is 2.44 bits per heavy atom. The van der Waals surface area contributed by atoms with Gasteiger partial charge in [-0.2, -0.15) is 0 Å².